The van der Waals surface area contributed by atoms with E-state index in [2.05, 4.69) is 27.1 Å². The molecule has 2 aromatic carbocycles. The Kier molecular flexibility index (Phi) is 7.02. The van der Waals surface area contributed by atoms with Crippen LogP contribution in [0.4, 0.5) is 24.7 Å². The van der Waals surface area contributed by atoms with E-state index >= 15 is 0 Å². The molecular formula is C26H18ClF3N4OS. The summed E-state index contributed by atoms with van der Waals surface area (Å²) in [5.74, 6) is 5.71. The molecule has 0 saturated heterocycles. The molecule has 4 rings (SSSR count). The number of carbonyl (C=O) groups excluding carboxylic acids is 1. The fraction of sp³-hybridized carbons (Fsp3) is 0.115. The van der Waals surface area contributed by atoms with Crippen molar-refractivity contribution >= 4 is 40.4 Å². The van der Waals surface area contributed by atoms with Gasteiger partial charge in [-0.2, -0.15) is 13.2 Å². The summed E-state index contributed by atoms with van der Waals surface area (Å²) in [6.45, 7) is 3.74. The van der Waals surface area contributed by atoms with Gasteiger partial charge in [-0.05, 0) is 55.8 Å². The van der Waals surface area contributed by atoms with Crippen molar-refractivity contribution in [2.45, 2.75) is 20.0 Å². The number of amides is 1. The average Bonchev–Trinajstić information content (AvgIpc) is 3.26. The standard InChI is InChI=1S/C26H18ClF3N4OS/c1-14-3-4-18(25(35)34-20-7-8-22(27)21(11-20)26(28,29)30)9-16(14)5-6-17-10-19(12-33-24(17)31)23-13-32-15(2)36-23/h3-4,7-13H,1-2H3,(H2,31,33)(H,34,35). The molecule has 3 N–H and O–H groups in total. The number of nitrogens with one attached hydrogen (secondary N) is 1. The maximum atomic E-state index is 13.1. The SMILES string of the molecule is Cc1ncc(-c2cnc(N)c(C#Cc3cc(C(=O)Nc4ccc(Cl)c(C(F)(F)F)c4)ccc3C)c2)s1. The second kappa shape index (κ2) is 10.0. The van der Waals surface area contributed by atoms with Gasteiger partial charge in [-0.3, -0.25) is 4.79 Å². The molecule has 0 bridgehead atoms. The Hall–Kier alpha value is -3.87. The molecule has 0 unspecified atom stereocenters. The fourth-order valence-corrected chi connectivity index (χ4v) is 4.24. The molecule has 0 aliphatic heterocycles. The van der Waals surface area contributed by atoms with Crippen LogP contribution >= 0.6 is 22.9 Å². The van der Waals surface area contributed by atoms with Crippen LogP contribution in [0.3, 0.4) is 0 Å². The molecule has 5 nitrogen and oxygen atoms in total. The Morgan fingerprint density at radius 2 is 1.78 bits per heavy atom. The third-order valence-electron chi connectivity index (χ3n) is 5.19. The van der Waals surface area contributed by atoms with Crippen LogP contribution in [0.5, 0.6) is 0 Å². The molecule has 1 amide bonds. The van der Waals surface area contributed by atoms with Gasteiger partial charge in [0.2, 0.25) is 0 Å². The number of alkyl halides is 3. The minimum atomic E-state index is -4.64. The Morgan fingerprint density at radius 1 is 1.03 bits per heavy atom. The number of thiazole rings is 1. The zero-order chi connectivity index (χ0) is 26.0. The number of hydrogen-bond acceptors (Lipinski definition) is 5. The van der Waals surface area contributed by atoms with Crippen molar-refractivity contribution in [1.82, 2.24) is 9.97 Å². The molecule has 0 atom stereocenters. The molecule has 0 aliphatic carbocycles. The molecular weight excluding hydrogens is 509 g/mol. The van der Waals surface area contributed by atoms with Crippen molar-refractivity contribution in [3.63, 3.8) is 0 Å². The first-order valence-corrected chi connectivity index (χ1v) is 11.7. The molecule has 4 aromatic rings. The molecule has 10 heteroatoms. The zero-order valence-electron chi connectivity index (χ0n) is 19.0. The van der Waals surface area contributed by atoms with E-state index in [1.807, 2.05) is 19.9 Å². The maximum absolute atomic E-state index is 13.1. The molecule has 182 valence electrons. The second-order valence-corrected chi connectivity index (χ2v) is 9.47. The first-order valence-electron chi connectivity index (χ1n) is 10.5. The Bertz CT molecular complexity index is 1540. The third-order valence-corrected chi connectivity index (χ3v) is 6.48. The van der Waals surface area contributed by atoms with Gasteiger partial charge in [0.05, 0.1) is 26.0 Å². The smallest absolute Gasteiger partial charge is 0.383 e. The van der Waals surface area contributed by atoms with Crippen LogP contribution in [0.2, 0.25) is 5.02 Å². The average molecular weight is 527 g/mol. The number of anilines is 2. The van der Waals surface area contributed by atoms with Gasteiger partial charge < -0.3 is 11.1 Å². The number of aryl methyl sites for hydroxylation is 2. The number of aromatic nitrogens is 2. The van der Waals surface area contributed by atoms with Gasteiger partial charge in [0.25, 0.3) is 5.91 Å². The molecule has 36 heavy (non-hydrogen) atoms. The first kappa shape index (κ1) is 25.2. The summed E-state index contributed by atoms with van der Waals surface area (Å²) in [5, 5.41) is 2.95. The van der Waals surface area contributed by atoms with E-state index in [4.69, 9.17) is 17.3 Å². The van der Waals surface area contributed by atoms with Crippen molar-refractivity contribution in [2.75, 3.05) is 11.1 Å². The number of rotatable bonds is 3. The monoisotopic (exact) mass is 526 g/mol. The van der Waals surface area contributed by atoms with Crippen molar-refractivity contribution in [3.8, 4) is 22.3 Å². The molecule has 0 fully saturated rings. The van der Waals surface area contributed by atoms with Crippen LogP contribution in [0, 0.1) is 25.7 Å². The minimum Gasteiger partial charge on any atom is -0.383 e. The van der Waals surface area contributed by atoms with Gasteiger partial charge in [0.1, 0.15) is 5.82 Å². The van der Waals surface area contributed by atoms with Gasteiger partial charge in [-0.25, -0.2) is 9.97 Å². The third kappa shape index (κ3) is 5.67. The quantitative estimate of drug-likeness (QED) is 0.290. The zero-order valence-corrected chi connectivity index (χ0v) is 20.6. The van der Waals surface area contributed by atoms with E-state index in [0.29, 0.717) is 11.1 Å². The van der Waals surface area contributed by atoms with Crippen LogP contribution in [0.15, 0.2) is 54.9 Å². The van der Waals surface area contributed by atoms with Crippen LogP contribution < -0.4 is 11.1 Å². The number of carbonyl (C=O) groups is 1. The largest absolute Gasteiger partial charge is 0.417 e. The number of hydrogen-bond donors (Lipinski definition) is 2. The number of nitrogens with zero attached hydrogens (tertiary/aromatic N) is 2. The summed E-state index contributed by atoms with van der Waals surface area (Å²) >= 11 is 7.18. The van der Waals surface area contributed by atoms with Crippen molar-refractivity contribution in [2.24, 2.45) is 0 Å². The molecule has 0 aliphatic rings. The highest BCUT2D eigenvalue weighted by Crippen LogP contribution is 2.36. The van der Waals surface area contributed by atoms with E-state index < -0.39 is 22.7 Å². The van der Waals surface area contributed by atoms with E-state index in [-0.39, 0.29) is 17.1 Å². The normalized spacial score (nSPS) is 11.1. The van der Waals surface area contributed by atoms with Crippen molar-refractivity contribution in [1.29, 1.82) is 0 Å². The highest BCUT2D eigenvalue weighted by atomic mass is 35.5. The molecule has 0 spiro atoms. The van der Waals surface area contributed by atoms with Gasteiger partial charge in [-0.1, -0.05) is 29.5 Å². The highest BCUT2D eigenvalue weighted by Gasteiger charge is 2.33. The van der Waals surface area contributed by atoms with Gasteiger partial charge in [0, 0.05) is 34.8 Å². The lowest BCUT2D eigenvalue weighted by Gasteiger charge is -2.12. The van der Waals surface area contributed by atoms with Gasteiger partial charge in [0.15, 0.2) is 0 Å². The molecule has 0 radical (unpaired) electrons. The lowest BCUT2D eigenvalue weighted by atomic mass is 10.0. The number of pyridine rings is 1. The van der Waals surface area contributed by atoms with E-state index in [1.54, 1.807) is 30.6 Å². The molecule has 0 saturated carbocycles. The minimum absolute atomic E-state index is 0.0288. The summed E-state index contributed by atoms with van der Waals surface area (Å²) < 4.78 is 39.4. The number of nitrogen functional groups attached to an aromatic ring is 1. The second-order valence-electron chi connectivity index (χ2n) is 7.83. The maximum Gasteiger partial charge on any atom is 0.417 e. The Labute approximate surface area is 214 Å². The predicted molar refractivity (Wildman–Crippen MR) is 136 cm³/mol. The topological polar surface area (TPSA) is 80.9 Å². The Balaban J connectivity index is 1.60. The van der Waals surface area contributed by atoms with E-state index in [0.717, 1.165) is 33.1 Å². The van der Waals surface area contributed by atoms with Crippen LogP contribution in [-0.4, -0.2) is 15.9 Å². The van der Waals surface area contributed by atoms with Crippen LogP contribution in [0.1, 0.15) is 37.6 Å². The summed E-state index contributed by atoms with van der Waals surface area (Å²) in [7, 11) is 0. The van der Waals surface area contributed by atoms with Crippen LogP contribution in [0.25, 0.3) is 10.4 Å². The first-order chi connectivity index (χ1) is 17.0. The highest BCUT2D eigenvalue weighted by molar-refractivity contribution is 7.15. The predicted octanol–water partition coefficient (Wildman–Crippen LogP) is 6.73. The van der Waals surface area contributed by atoms with E-state index in [9.17, 15) is 18.0 Å². The van der Waals surface area contributed by atoms with E-state index in [1.165, 1.54) is 17.4 Å². The van der Waals surface area contributed by atoms with Gasteiger partial charge in [-0.15, -0.1) is 11.3 Å². The van der Waals surface area contributed by atoms with Crippen molar-refractivity contribution < 1.29 is 18.0 Å². The lowest BCUT2D eigenvalue weighted by molar-refractivity contribution is -0.137. The fourth-order valence-electron chi connectivity index (χ4n) is 3.26. The summed E-state index contributed by atoms with van der Waals surface area (Å²) in [5.41, 5.74) is 7.92. The van der Waals surface area contributed by atoms with Gasteiger partial charge >= 0.3 is 6.18 Å². The number of nitrogens with two attached hydrogens (primary N) is 1. The number of halogens is 4. The van der Waals surface area contributed by atoms with Crippen molar-refractivity contribution in [3.05, 3.63) is 92.7 Å². The molecule has 2 heterocycles. The van der Waals surface area contributed by atoms with Crippen LogP contribution in [-0.2, 0) is 6.18 Å². The summed E-state index contributed by atoms with van der Waals surface area (Å²) in [4.78, 5) is 22.2. The number of benzene rings is 2. The summed E-state index contributed by atoms with van der Waals surface area (Å²) in [6, 6.07) is 9.86. The lowest BCUT2D eigenvalue weighted by Crippen LogP contribution is -2.14. The Morgan fingerprint density at radius 3 is 2.47 bits per heavy atom. The molecule has 2 aromatic heterocycles. The summed E-state index contributed by atoms with van der Waals surface area (Å²) in [6.07, 6.45) is -1.23.